The van der Waals surface area contributed by atoms with Crippen molar-refractivity contribution in [3.8, 4) is 23.1 Å². The highest BCUT2D eigenvalue weighted by Crippen LogP contribution is 2.30. The van der Waals surface area contributed by atoms with Crippen LogP contribution in [-0.2, 0) is 0 Å². The molecule has 10 heteroatoms. The molecule has 0 aliphatic carbocycles. The summed E-state index contributed by atoms with van der Waals surface area (Å²) >= 11 is 0. The molecule has 1 saturated heterocycles. The van der Waals surface area contributed by atoms with Crippen LogP contribution in [0.5, 0.6) is 5.75 Å². The zero-order valence-electron chi connectivity index (χ0n) is 14.9. The van der Waals surface area contributed by atoms with Crippen LogP contribution in [0.2, 0.25) is 0 Å². The first-order valence-corrected chi connectivity index (χ1v) is 8.47. The lowest BCUT2D eigenvalue weighted by Gasteiger charge is -2.14. The summed E-state index contributed by atoms with van der Waals surface area (Å²) in [5.41, 5.74) is 2.76. The van der Waals surface area contributed by atoms with Crippen LogP contribution in [0.3, 0.4) is 0 Å². The van der Waals surface area contributed by atoms with Crippen LogP contribution in [0.1, 0.15) is 24.1 Å². The van der Waals surface area contributed by atoms with E-state index in [4.69, 9.17) is 9.57 Å². The molecule has 0 radical (unpaired) electrons. The molecule has 10 nitrogen and oxygen atoms in total. The zero-order valence-corrected chi connectivity index (χ0v) is 14.9. The zero-order chi connectivity index (χ0) is 19.0. The molecule has 138 valence electrons. The van der Waals surface area contributed by atoms with Gasteiger partial charge in [0, 0.05) is 24.8 Å². The molecule has 0 bridgehead atoms. The van der Waals surface area contributed by atoms with Gasteiger partial charge in [-0.3, -0.25) is 4.84 Å². The van der Waals surface area contributed by atoms with Gasteiger partial charge in [0.25, 0.3) is 0 Å². The maximum Gasteiger partial charge on any atom is 0.435 e. The second kappa shape index (κ2) is 6.60. The minimum absolute atomic E-state index is 0.415. The van der Waals surface area contributed by atoms with Crippen molar-refractivity contribution in [2.24, 2.45) is 0 Å². The summed E-state index contributed by atoms with van der Waals surface area (Å²) in [6.07, 6.45) is 4.72. The van der Waals surface area contributed by atoms with E-state index >= 15 is 0 Å². The Bertz CT molecular complexity index is 1060. The Morgan fingerprint density at radius 1 is 1.33 bits per heavy atom. The molecule has 3 aromatic rings. The summed E-state index contributed by atoms with van der Waals surface area (Å²) in [6, 6.07) is 3.84. The number of amides is 1. The SMILES string of the molecule is COc1cc(-c2nnn(OC(=O)N3CCCC3)c2C)cn2ncc(C#N)c12. The molecular formula is C17H17N7O3. The molecule has 0 atom stereocenters. The van der Waals surface area contributed by atoms with Gasteiger partial charge in [-0.25, -0.2) is 9.31 Å². The highest BCUT2D eigenvalue weighted by molar-refractivity contribution is 5.75. The van der Waals surface area contributed by atoms with Gasteiger partial charge in [-0.2, -0.15) is 10.4 Å². The number of fused-ring (bicyclic) bond motifs is 1. The molecule has 0 N–H and O–H groups in total. The Balaban J connectivity index is 1.69. The predicted octanol–water partition coefficient (Wildman–Crippen LogP) is 1.43. The molecule has 1 aliphatic heterocycles. The van der Waals surface area contributed by atoms with Gasteiger partial charge in [0.15, 0.2) is 0 Å². The smallest absolute Gasteiger partial charge is 0.435 e. The Kier molecular flexibility index (Phi) is 4.12. The van der Waals surface area contributed by atoms with E-state index in [1.807, 2.05) is 0 Å². The van der Waals surface area contributed by atoms with Crippen LogP contribution >= 0.6 is 0 Å². The summed E-state index contributed by atoms with van der Waals surface area (Å²) in [6.45, 7) is 3.13. The standard InChI is InChI=1S/C17H17N7O3/c1-11-15(20-21-24(11)27-17(25)22-5-3-4-6-22)12-7-14(26-2)16-13(8-18)9-19-23(16)10-12/h7,9-10H,3-6H2,1-2H3. The molecule has 4 rings (SSSR count). The monoisotopic (exact) mass is 367 g/mol. The molecular weight excluding hydrogens is 350 g/mol. The van der Waals surface area contributed by atoms with Crippen LogP contribution in [0, 0.1) is 18.3 Å². The van der Waals surface area contributed by atoms with Gasteiger partial charge < -0.3 is 9.64 Å². The Morgan fingerprint density at radius 2 is 2.11 bits per heavy atom. The van der Waals surface area contributed by atoms with E-state index in [1.165, 1.54) is 13.3 Å². The van der Waals surface area contributed by atoms with Crippen LogP contribution < -0.4 is 9.57 Å². The minimum Gasteiger partial charge on any atom is -0.494 e. The fourth-order valence-electron chi connectivity index (χ4n) is 3.15. The van der Waals surface area contributed by atoms with Gasteiger partial charge in [0.2, 0.25) is 0 Å². The number of pyridine rings is 1. The van der Waals surface area contributed by atoms with Crippen molar-refractivity contribution in [3.63, 3.8) is 0 Å². The van der Waals surface area contributed by atoms with Gasteiger partial charge in [0.05, 0.1) is 13.3 Å². The van der Waals surface area contributed by atoms with E-state index in [9.17, 15) is 10.1 Å². The number of carbonyl (C=O) groups is 1. The molecule has 1 amide bonds. The molecule has 0 unspecified atom stereocenters. The fourth-order valence-corrected chi connectivity index (χ4v) is 3.15. The third-order valence-corrected chi connectivity index (χ3v) is 4.58. The number of methoxy groups -OCH3 is 1. The first-order valence-electron chi connectivity index (χ1n) is 8.47. The second-order valence-electron chi connectivity index (χ2n) is 6.21. The lowest BCUT2D eigenvalue weighted by atomic mass is 10.1. The largest absolute Gasteiger partial charge is 0.494 e. The maximum absolute atomic E-state index is 12.2. The average molecular weight is 367 g/mol. The summed E-state index contributed by atoms with van der Waals surface area (Å²) in [5, 5.41) is 21.5. The van der Waals surface area contributed by atoms with Gasteiger partial charge in [-0.05, 0) is 31.0 Å². The first-order chi connectivity index (χ1) is 13.1. The number of nitrogens with zero attached hydrogens (tertiary/aromatic N) is 7. The highest BCUT2D eigenvalue weighted by Gasteiger charge is 2.23. The van der Waals surface area contributed by atoms with Gasteiger partial charge in [-0.15, -0.1) is 5.10 Å². The quantitative estimate of drug-likeness (QED) is 0.644. The van der Waals surface area contributed by atoms with E-state index in [-0.39, 0.29) is 0 Å². The van der Waals surface area contributed by atoms with E-state index in [1.54, 1.807) is 28.6 Å². The van der Waals surface area contributed by atoms with E-state index < -0.39 is 6.09 Å². The van der Waals surface area contributed by atoms with Crippen LogP contribution in [0.15, 0.2) is 18.5 Å². The normalized spacial score (nSPS) is 13.7. The summed E-state index contributed by atoms with van der Waals surface area (Å²) in [7, 11) is 1.52. The average Bonchev–Trinajstić information content (AvgIpc) is 3.41. The fraction of sp³-hybridized carbons (Fsp3) is 0.353. The van der Waals surface area contributed by atoms with Crippen LogP contribution in [0.4, 0.5) is 4.79 Å². The maximum atomic E-state index is 12.2. The molecule has 0 spiro atoms. The second-order valence-corrected chi connectivity index (χ2v) is 6.21. The van der Waals surface area contributed by atoms with Crippen molar-refractivity contribution in [2.75, 3.05) is 20.2 Å². The van der Waals surface area contributed by atoms with Gasteiger partial charge in [-0.1, -0.05) is 4.85 Å². The van der Waals surface area contributed by atoms with Crippen molar-refractivity contribution < 1.29 is 14.4 Å². The van der Waals surface area contributed by atoms with Crippen LogP contribution in [0.25, 0.3) is 16.8 Å². The van der Waals surface area contributed by atoms with E-state index in [2.05, 4.69) is 21.5 Å². The number of likely N-dealkylation sites (tertiary alicyclic amines) is 1. The predicted molar refractivity (Wildman–Crippen MR) is 93.0 cm³/mol. The number of aromatic nitrogens is 5. The summed E-state index contributed by atoms with van der Waals surface area (Å²) in [5.74, 6) is 0.490. The Labute approximate surface area is 154 Å². The van der Waals surface area contributed by atoms with Crippen molar-refractivity contribution in [1.29, 1.82) is 5.26 Å². The van der Waals surface area contributed by atoms with Crippen LogP contribution in [-0.4, -0.2) is 56.0 Å². The number of hydrogen-bond acceptors (Lipinski definition) is 7. The molecule has 4 heterocycles. The minimum atomic E-state index is -0.439. The summed E-state index contributed by atoms with van der Waals surface area (Å²) in [4.78, 5) is 20.3. The molecule has 27 heavy (non-hydrogen) atoms. The molecule has 0 saturated carbocycles. The third kappa shape index (κ3) is 2.83. The molecule has 1 fully saturated rings. The number of carbonyl (C=O) groups excluding carboxylic acids is 1. The number of rotatable bonds is 3. The first kappa shape index (κ1) is 16.8. The lowest BCUT2D eigenvalue weighted by molar-refractivity contribution is 0.0805. The third-order valence-electron chi connectivity index (χ3n) is 4.58. The summed E-state index contributed by atoms with van der Waals surface area (Å²) < 4.78 is 6.97. The van der Waals surface area contributed by atoms with Gasteiger partial charge >= 0.3 is 6.09 Å². The van der Waals surface area contributed by atoms with Crippen molar-refractivity contribution >= 4 is 11.6 Å². The van der Waals surface area contributed by atoms with Crippen molar-refractivity contribution in [3.05, 3.63) is 29.7 Å². The number of hydrogen-bond donors (Lipinski definition) is 0. The molecule has 0 aromatic carbocycles. The Morgan fingerprint density at radius 3 is 2.81 bits per heavy atom. The van der Waals surface area contributed by atoms with E-state index in [0.29, 0.717) is 46.9 Å². The topological polar surface area (TPSA) is 111 Å². The molecule has 3 aromatic heterocycles. The van der Waals surface area contributed by atoms with Crippen molar-refractivity contribution in [2.45, 2.75) is 19.8 Å². The van der Waals surface area contributed by atoms with E-state index in [0.717, 1.165) is 17.7 Å². The van der Waals surface area contributed by atoms with Crippen molar-refractivity contribution in [1.82, 2.24) is 29.7 Å². The number of nitriles is 1. The number of ether oxygens (including phenoxy) is 1. The lowest BCUT2D eigenvalue weighted by Crippen LogP contribution is -2.35. The highest BCUT2D eigenvalue weighted by atomic mass is 16.7. The van der Waals surface area contributed by atoms with Gasteiger partial charge in [0.1, 0.15) is 34.3 Å². The molecule has 1 aliphatic rings. The Hall–Kier alpha value is -3.61.